The van der Waals surface area contributed by atoms with Crippen LogP contribution in [0.4, 0.5) is 11.6 Å². The summed E-state index contributed by atoms with van der Waals surface area (Å²) in [7, 11) is 2.02. The highest BCUT2D eigenvalue weighted by Gasteiger charge is 2.22. The van der Waals surface area contributed by atoms with Crippen LogP contribution in [0.2, 0.25) is 0 Å². The van der Waals surface area contributed by atoms with Crippen LogP contribution in [0.25, 0.3) is 0 Å². The monoisotopic (exact) mass is 362 g/mol. The fourth-order valence-corrected chi connectivity index (χ4v) is 3.76. The van der Waals surface area contributed by atoms with Gasteiger partial charge in [0.05, 0.1) is 12.0 Å². The van der Waals surface area contributed by atoms with Gasteiger partial charge in [0, 0.05) is 38.7 Å². The van der Waals surface area contributed by atoms with Gasteiger partial charge in [-0.05, 0) is 61.6 Å². The number of hydrogen-bond acceptors (Lipinski definition) is 5. The van der Waals surface area contributed by atoms with Gasteiger partial charge in [-0.25, -0.2) is 15.0 Å². The second-order valence-corrected chi connectivity index (χ2v) is 7.37. The van der Waals surface area contributed by atoms with E-state index in [-0.39, 0.29) is 0 Å². The molecule has 0 spiro atoms. The molecule has 1 fully saturated rings. The molecule has 0 aromatic carbocycles. The predicted molar refractivity (Wildman–Crippen MR) is 107 cm³/mol. The maximum Gasteiger partial charge on any atom is 0.134 e. The van der Waals surface area contributed by atoms with E-state index >= 15 is 0 Å². The summed E-state index contributed by atoms with van der Waals surface area (Å²) in [5.74, 6) is 2.24. The van der Waals surface area contributed by atoms with Gasteiger partial charge >= 0.3 is 0 Å². The molecule has 3 aromatic heterocycles. The van der Waals surface area contributed by atoms with Gasteiger partial charge in [-0.1, -0.05) is 6.07 Å². The van der Waals surface area contributed by atoms with Gasteiger partial charge in [-0.3, -0.25) is 4.90 Å². The smallest absolute Gasteiger partial charge is 0.134 e. The molecule has 140 valence electrons. The quantitative estimate of drug-likeness (QED) is 0.751. The molecular weight excluding hydrogens is 336 g/mol. The molecule has 1 saturated heterocycles. The molecule has 0 unspecified atom stereocenters. The third-order valence-corrected chi connectivity index (χ3v) is 5.16. The molecule has 0 amide bonds. The summed E-state index contributed by atoms with van der Waals surface area (Å²) < 4.78 is 2.01. The molecule has 1 N–H and O–H groups in total. The van der Waals surface area contributed by atoms with E-state index in [0.717, 1.165) is 42.5 Å². The van der Waals surface area contributed by atoms with E-state index in [2.05, 4.69) is 56.5 Å². The minimum Gasteiger partial charge on any atom is -0.340 e. The molecule has 0 aliphatic carbocycles. The predicted octanol–water partition coefficient (Wildman–Crippen LogP) is 3.64. The van der Waals surface area contributed by atoms with Gasteiger partial charge in [0.15, 0.2) is 0 Å². The molecule has 1 atom stereocenters. The Morgan fingerprint density at radius 1 is 1.19 bits per heavy atom. The fraction of sp³-hybridized carbons (Fsp3) is 0.381. The number of aryl methyl sites for hydroxylation is 2. The van der Waals surface area contributed by atoms with Gasteiger partial charge < -0.3 is 9.88 Å². The summed E-state index contributed by atoms with van der Waals surface area (Å²) in [6.45, 7) is 5.16. The average Bonchev–Trinajstić information content (AvgIpc) is 3.09. The van der Waals surface area contributed by atoms with E-state index in [1.807, 2.05) is 30.2 Å². The Kier molecular flexibility index (Phi) is 5.16. The number of nitrogens with zero attached hydrogens (tertiary/aromatic N) is 5. The second kappa shape index (κ2) is 7.88. The number of rotatable bonds is 5. The number of nitrogens with one attached hydrogen (secondary N) is 1. The van der Waals surface area contributed by atoms with E-state index in [0.29, 0.717) is 5.92 Å². The Bertz CT molecular complexity index is 903. The van der Waals surface area contributed by atoms with Crippen LogP contribution >= 0.6 is 0 Å². The van der Waals surface area contributed by atoms with Crippen molar-refractivity contribution in [3.05, 3.63) is 66.0 Å². The summed E-state index contributed by atoms with van der Waals surface area (Å²) in [5, 5.41) is 3.36. The Morgan fingerprint density at radius 2 is 2.11 bits per heavy atom. The molecule has 0 bridgehead atoms. The van der Waals surface area contributed by atoms with Crippen LogP contribution < -0.4 is 5.32 Å². The molecule has 0 saturated carbocycles. The molecule has 4 rings (SSSR count). The number of aromatic nitrogens is 4. The van der Waals surface area contributed by atoms with E-state index in [1.165, 1.54) is 18.4 Å². The molecule has 6 nitrogen and oxygen atoms in total. The van der Waals surface area contributed by atoms with E-state index in [1.54, 1.807) is 6.20 Å². The van der Waals surface area contributed by atoms with Gasteiger partial charge in [-0.15, -0.1) is 0 Å². The maximum atomic E-state index is 4.48. The molecule has 0 radical (unpaired) electrons. The maximum absolute atomic E-state index is 4.48. The Morgan fingerprint density at radius 3 is 2.93 bits per heavy atom. The van der Waals surface area contributed by atoms with Crippen LogP contribution in [0.15, 0.2) is 49.2 Å². The minimum atomic E-state index is 0.524. The summed E-state index contributed by atoms with van der Waals surface area (Å²) >= 11 is 0. The van der Waals surface area contributed by atoms with Crippen molar-refractivity contribution in [2.24, 2.45) is 7.05 Å². The Hall–Kier alpha value is -2.73. The highest BCUT2D eigenvalue weighted by molar-refractivity contribution is 5.56. The number of pyridine rings is 2. The standard InChI is InChI=1S/C21H26N6/c1-16-5-3-8-23-21(16)25-20-11-17(7-9-22-20)18-6-4-10-27(12-18)14-19-13-26(2)15-24-19/h3,5,7-9,11,13,15,18H,4,6,10,12,14H2,1-2H3,(H,22,23,25)/t18-/m0/s1. The lowest BCUT2D eigenvalue weighted by molar-refractivity contribution is 0.198. The Labute approximate surface area is 160 Å². The number of imidazole rings is 1. The summed E-state index contributed by atoms with van der Waals surface area (Å²) in [5.41, 5.74) is 3.59. The molecule has 6 heteroatoms. The van der Waals surface area contributed by atoms with Crippen molar-refractivity contribution in [1.29, 1.82) is 0 Å². The number of likely N-dealkylation sites (tertiary alicyclic amines) is 1. The number of piperidine rings is 1. The van der Waals surface area contributed by atoms with Crippen molar-refractivity contribution in [2.75, 3.05) is 18.4 Å². The van der Waals surface area contributed by atoms with Crippen molar-refractivity contribution in [3.8, 4) is 0 Å². The zero-order valence-electron chi connectivity index (χ0n) is 16.0. The van der Waals surface area contributed by atoms with Crippen LogP contribution in [-0.4, -0.2) is 37.5 Å². The summed E-state index contributed by atoms with van der Waals surface area (Å²) in [6.07, 6.45) is 10.1. The van der Waals surface area contributed by atoms with Gasteiger partial charge in [0.25, 0.3) is 0 Å². The summed E-state index contributed by atoms with van der Waals surface area (Å²) in [4.78, 5) is 15.9. The van der Waals surface area contributed by atoms with Crippen LogP contribution in [0.1, 0.15) is 35.6 Å². The lowest BCUT2D eigenvalue weighted by Gasteiger charge is -2.32. The van der Waals surface area contributed by atoms with Crippen LogP contribution in [0.3, 0.4) is 0 Å². The largest absolute Gasteiger partial charge is 0.340 e. The minimum absolute atomic E-state index is 0.524. The average molecular weight is 362 g/mol. The lowest BCUT2D eigenvalue weighted by Crippen LogP contribution is -2.34. The molecule has 4 heterocycles. The van der Waals surface area contributed by atoms with Gasteiger partial charge in [0.2, 0.25) is 0 Å². The highest BCUT2D eigenvalue weighted by atomic mass is 15.1. The first kappa shape index (κ1) is 17.7. The molecule has 27 heavy (non-hydrogen) atoms. The van der Waals surface area contributed by atoms with Crippen LogP contribution in [-0.2, 0) is 13.6 Å². The summed E-state index contributed by atoms with van der Waals surface area (Å²) in [6, 6.07) is 8.31. The number of hydrogen-bond donors (Lipinski definition) is 1. The number of anilines is 2. The molecule has 3 aromatic rings. The zero-order valence-corrected chi connectivity index (χ0v) is 16.0. The third kappa shape index (κ3) is 4.34. The van der Waals surface area contributed by atoms with E-state index in [4.69, 9.17) is 0 Å². The van der Waals surface area contributed by atoms with Crippen molar-refractivity contribution in [1.82, 2.24) is 24.4 Å². The SMILES string of the molecule is Cc1cccnc1Nc1cc([C@H]2CCCN(Cc3cn(C)cn3)C2)ccn1. The topological polar surface area (TPSA) is 58.9 Å². The highest BCUT2D eigenvalue weighted by Crippen LogP contribution is 2.29. The van der Waals surface area contributed by atoms with E-state index in [9.17, 15) is 0 Å². The lowest BCUT2D eigenvalue weighted by atomic mass is 9.91. The molecule has 1 aliphatic heterocycles. The fourth-order valence-electron chi connectivity index (χ4n) is 3.76. The van der Waals surface area contributed by atoms with Crippen molar-refractivity contribution >= 4 is 11.6 Å². The molecular formula is C21H26N6. The van der Waals surface area contributed by atoms with Crippen molar-refractivity contribution < 1.29 is 0 Å². The third-order valence-electron chi connectivity index (χ3n) is 5.16. The first-order chi connectivity index (χ1) is 13.2. The van der Waals surface area contributed by atoms with E-state index < -0.39 is 0 Å². The molecule has 1 aliphatic rings. The van der Waals surface area contributed by atoms with Crippen molar-refractivity contribution in [2.45, 2.75) is 32.2 Å². The van der Waals surface area contributed by atoms with Crippen LogP contribution in [0, 0.1) is 6.92 Å². The normalized spacial score (nSPS) is 17.8. The van der Waals surface area contributed by atoms with Gasteiger partial charge in [-0.2, -0.15) is 0 Å². The second-order valence-electron chi connectivity index (χ2n) is 7.37. The first-order valence-electron chi connectivity index (χ1n) is 9.51. The van der Waals surface area contributed by atoms with Crippen molar-refractivity contribution in [3.63, 3.8) is 0 Å². The van der Waals surface area contributed by atoms with Crippen LogP contribution in [0.5, 0.6) is 0 Å². The van der Waals surface area contributed by atoms with Gasteiger partial charge in [0.1, 0.15) is 11.6 Å². The zero-order chi connectivity index (χ0) is 18.6. The Balaban J connectivity index is 1.45. The first-order valence-corrected chi connectivity index (χ1v) is 9.51.